The van der Waals surface area contributed by atoms with E-state index in [-0.39, 0.29) is 47.8 Å². The van der Waals surface area contributed by atoms with Crippen LogP contribution in [0.5, 0.6) is 0 Å². The standard InChI is InChI=1S/C36H47N3O7/c1-22(2)17-27(34(42)38-31(36(44-4)45-5)20-26-12-7-9-16-32(26)40)21-33(41)29(37-35(43)30-18-23(3)46-39-30)19-25-14-10-13-24-11-6-8-15-28(24)25/h6,8,10-11,13-15,18,22,26-27,29,31,36H,7,9,12,16-17,19-21H2,1-5H3,(H,37,43)(H,38,42)/t26-,27+,29-,31-/m0/s1. The number of amides is 2. The molecule has 0 radical (unpaired) electrons. The van der Waals surface area contributed by atoms with Crippen molar-refractivity contribution in [3.63, 3.8) is 0 Å². The second kappa shape index (κ2) is 16.6. The fourth-order valence-electron chi connectivity index (χ4n) is 6.45. The predicted octanol–water partition coefficient (Wildman–Crippen LogP) is 5.35. The molecule has 3 aromatic rings. The highest BCUT2D eigenvalue weighted by atomic mass is 16.7. The normalized spacial score (nSPS) is 17.2. The zero-order valence-corrected chi connectivity index (χ0v) is 27.5. The molecule has 4 atom stereocenters. The molecule has 2 aromatic carbocycles. The number of fused-ring (bicyclic) bond motifs is 1. The van der Waals surface area contributed by atoms with Crippen LogP contribution in [0, 0.1) is 24.7 Å². The summed E-state index contributed by atoms with van der Waals surface area (Å²) < 4.78 is 16.2. The fourth-order valence-corrected chi connectivity index (χ4v) is 6.45. The van der Waals surface area contributed by atoms with E-state index in [0.29, 0.717) is 25.0 Å². The van der Waals surface area contributed by atoms with Crippen LogP contribution < -0.4 is 10.6 Å². The SMILES string of the molecule is COC(OC)[C@H](C[C@@H]1CCCCC1=O)NC(=O)[C@@H](CC(=O)[C@H](Cc1cccc2ccccc12)NC(=O)c1cc(C)on1)CC(C)C. The highest BCUT2D eigenvalue weighted by Crippen LogP contribution is 2.27. The Kier molecular flexibility index (Phi) is 12.6. The van der Waals surface area contributed by atoms with Crippen molar-refractivity contribution in [2.75, 3.05) is 14.2 Å². The van der Waals surface area contributed by atoms with Gasteiger partial charge < -0.3 is 24.6 Å². The molecule has 1 heterocycles. The molecule has 0 saturated heterocycles. The Hall–Kier alpha value is -3.89. The summed E-state index contributed by atoms with van der Waals surface area (Å²) >= 11 is 0. The van der Waals surface area contributed by atoms with E-state index in [2.05, 4.69) is 15.8 Å². The van der Waals surface area contributed by atoms with Crippen LogP contribution in [0.4, 0.5) is 0 Å². The van der Waals surface area contributed by atoms with Crippen LogP contribution in [-0.4, -0.2) is 61.1 Å². The quantitative estimate of drug-likeness (QED) is 0.202. The van der Waals surface area contributed by atoms with Crippen molar-refractivity contribution < 1.29 is 33.2 Å². The number of ketones is 2. The number of ether oxygens (including phenoxy) is 2. The minimum atomic E-state index is -0.917. The monoisotopic (exact) mass is 633 g/mol. The van der Waals surface area contributed by atoms with Crippen LogP contribution in [0.1, 0.15) is 80.6 Å². The Bertz CT molecular complexity index is 1490. The number of rotatable bonds is 16. The van der Waals surface area contributed by atoms with Crippen LogP contribution in [-0.2, 0) is 30.3 Å². The molecular weight excluding hydrogens is 586 g/mol. The third-order valence-electron chi connectivity index (χ3n) is 8.77. The minimum Gasteiger partial charge on any atom is -0.361 e. The molecule has 0 bridgehead atoms. The smallest absolute Gasteiger partial charge is 0.274 e. The summed E-state index contributed by atoms with van der Waals surface area (Å²) in [4.78, 5) is 53.9. The van der Waals surface area contributed by atoms with Crippen LogP contribution in [0.3, 0.4) is 0 Å². The molecule has 46 heavy (non-hydrogen) atoms. The molecule has 1 aromatic heterocycles. The van der Waals surface area contributed by atoms with Crippen LogP contribution in [0.15, 0.2) is 53.1 Å². The first-order valence-corrected chi connectivity index (χ1v) is 16.2. The topological polar surface area (TPSA) is 137 Å². The lowest BCUT2D eigenvalue weighted by Crippen LogP contribution is -2.50. The molecule has 4 rings (SSSR count). The Labute approximate surface area is 270 Å². The van der Waals surface area contributed by atoms with E-state index in [9.17, 15) is 19.2 Å². The number of hydrogen-bond acceptors (Lipinski definition) is 8. The first kappa shape index (κ1) is 35.0. The molecular formula is C36H47N3O7. The van der Waals surface area contributed by atoms with E-state index in [1.807, 2.05) is 56.3 Å². The highest BCUT2D eigenvalue weighted by Gasteiger charge is 2.34. The Morgan fingerprint density at radius 3 is 2.43 bits per heavy atom. The van der Waals surface area contributed by atoms with Gasteiger partial charge in [0.25, 0.3) is 5.91 Å². The third kappa shape index (κ3) is 9.33. The fraction of sp³-hybridized carbons (Fsp3) is 0.528. The van der Waals surface area contributed by atoms with Crippen LogP contribution >= 0.6 is 0 Å². The number of aromatic nitrogens is 1. The Morgan fingerprint density at radius 1 is 1.02 bits per heavy atom. The maximum atomic E-state index is 14.1. The maximum absolute atomic E-state index is 14.1. The van der Waals surface area contributed by atoms with Gasteiger partial charge in [-0.15, -0.1) is 0 Å². The number of methoxy groups -OCH3 is 2. The van der Waals surface area contributed by atoms with E-state index < -0.39 is 30.2 Å². The van der Waals surface area contributed by atoms with Crippen molar-refractivity contribution in [1.82, 2.24) is 15.8 Å². The molecule has 1 fully saturated rings. The highest BCUT2D eigenvalue weighted by molar-refractivity contribution is 5.98. The van der Waals surface area contributed by atoms with Crippen LogP contribution in [0.2, 0.25) is 0 Å². The number of aryl methyl sites for hydroxylation is 1. The van der Waals surface area contributed by atoms with Gasteiger partial charge in [0, 0.05) is 51.4 Å². The van der Waals surface area contributed by atoms with Gasteiger partial charge >= 0.3 is 0 Å². The van der Waals surface area contributed by atoms with E-state index in [0.717, 1.165) is 35.6 Å². The predicted molar refractivity (Wildman–Crippen MR) is 174 cm³/mol. The molecule has 248 valence electrons. The van der Waals surface area contributed by atoms with Gasteiger partial charge in [-0.3, -0.25) is 19.2 Å². The van der Waals surface area contributed by atoms with Crippen LogP contribution in [0.25, 0.3) is 10.8 Å². The number of carbonyl (C=O) groups excluding carboxylic acids is 4. The van der Waals surface area contributed by atoms with Crippen molar-refractivity contribution in [3.8, 4) is 0 Å². The molecule has 2 amide bonds. The number of nitrogens with zero attached hydrogens (tertiary/aromatic N) is 1. The number of Topliss-reactive ketones (excluding diaryl/α,β-unsaturated/α-hetero) is 2. The number of nitrogens with one attached hydrogen (secondary N) is 2. The van der Waals surface area contributed by atoms with E-state index in [1.165, 1.54) is 20.3 Å². The lowest BCUT2D eigenvalue weighted by molar-refractivity contribution is -0.145. The van der Waals surface area contributed by atoms with Gasteiger partial charge in [-0.05, 0) is 54.9 Å². The molecule has 1 aliphatic rings. The average Bonchev–Trinajstić information content (AvgIpc) is 3.48. The van der Waals surface area contributed by atoms with E-state index in [4.69, 9.17) is 14.0 Å². The largest absolute Gasteiger partial charge is 0.361 e. The van der Waals surface area contributed by atoms with Crippen molar-refractivity contribution in [3.05, 3.63) is 65.5 Å². The van der Waals surface area contributed by atoms with Gasteiger partial charge in [0.15, 0.2) is 17.8 Å². The Morgan fingerprint density at radius 2 is 1.76 bits per heavy atom. The lowest BCUT2D eigenvalue weighted by atomic mass is 9.83. The molecule has 0 spiro atoms. The second-order valence-corrected chi connectivity index (χ2v) is 12.8. The van der Waals surface area contributed by atoms with Crippen molar-refractivity contribution in [2.24, 2.45) is 17.8 Å². The van der Waals surface area contributed by atoms with Crippen molar-refractivity contribution in [1.29, 1.82) is 0 Å². The first-order chi connectivity index (χ1) is 22.1. The summed E-state index contributed by atoms with van der Waals surface area (Å²) in [6.45, 7) is 5.68. The van der Waals surface area contributed by atoms with E-state index >= 15 is 0 Å². The van der Waals surface area contributed by atoms with Gasteiger partial charge in [-0.1, -0.05) is 67.9 Å². The second-order valence-electron chi connectivity index (χ2n) is 12.8. The van der Waals surface area contributed by atoms with Gasteiger partial charge in [-0.25, -0.2) is 0 Å². The summed E-state index contributed by atoms with van der Waals surface area (Å²) in [6.07, 6.45) is 3.40. The molecule has 0 aliphatic heterocycles. The molecule has 1 saturated carbocycles. The summed E-state index contributed by atoms with van der Waals surface area (Å²) in [7, 11) is 3.00. The lowest BCUT2D eigenvalue weighted by Gasteiger charge is -2.32. The zero-order valence-electron chi connectivity index (χ0n) is 27.5. The molecule has 2 N–H and O–H groups in total. The first-order valence-electron chi connectivity index (χ1n) is 16.2. The van der Waals surface area contributed by atoms with Gasteiger partial charge in [0.05, 0.1) is 12.1 Å². The summed E-state index contributed by atoms with van der Waals surface area (Å²) in [5.41, 5.74) is 0.980. The number of carbonyl (C=O) groups is 4. The summed E-state index contributed by atoms with van der Waals surface area (Å²) in [5, 5.41) is 11.8. The molecule has 0 unspecified atom stereocenters. The average molecular weight is 634 g/mol. The third-order valence-corrected chi connectivity index (χ3v) is 8.77. The molecule has 10 nitrogen and oxygen atoms in total. The van der Waals surface area contributed by atoms with Crippen molar-refractivity contribution >= 4 is 34.2 Å². The van der Waals surface area contributed by atoms with Crippen molar-refractivity contribution in [2.45, 2.75) is 90.5 Å². The van der Waals surface area contributed by atoms with E-state index in [1.54, 1.807) is 6.92 Å². The van der Waals surface area contributed by atoms with Gasteiger partial charge in [0.1, 0.15) is 11.5 Å². The van der Waals surface area contributed by atoms with Gasteiger partial charge in [-0.2, -0.15) is 0 Å². The maximum Gasteiger partial charge on any atom is 0.274 e. The molecule has 1 aliphatic carbocycles. The Balaban J connectivity index is 1.57. The zero-order chi connectivity index (χ0) is 33.2. The van der Waals surface area contributed by atoms with Gasteiger partial charge in [0.2, 0.25) is 5.91 Å². The minimum absolute atomic E-state index is 0.0787. The number of benzene rings is 2. The summed E-state index contributed by atoms with van der Waals surface area (Å²) in [6, 6.07) is 13.8. The summed E-state index contributed by atoms with van der Waals surface area (Å²) in [5.74, 6) is -1.17. The molecule has 10 heteroatoms. The number of hydrogen-bond donors (Lipinski definition) is 2.